The molecule has 5 heteroatoms. The fourth-order valence-corrected chi connectivity index (χ4v) is 1.96. The third-order valence-electron chi connectivity index (χ3n) is 3.04. The zero-order chi connectivity index (χ0) is 14.7. The minimum Gasteiger partial charge on any atom is -0.508 e. The van der Waals surface area contributed by atoms with E-state index in [9.17, 15) is 20.1 Å². The van der Waals surface area contributed by atoms with Gasteiger partial charge in [-0.05, 0) is 54.3 Å². The molecule has 0 saturated heterocycles. The average molecular weight is 274 g/mol. The maximum Gasteiger partial charge on any atom is 0.339 e. The van der Waals surface area contributed by atoms with Crippen molar-refractivity contribution in [1.82, 2.24) is 0 Å². The van der Waals surface area contributed by atoms with E-state index in [1.165, 1.54) is 30.3 Å². The van der Waals surface area contributed by atoms with Crippen molar-refractivity contribution in [3.05, 3.63) is 53.1 Å². The average Bonchev–Trinajstić information content (AvgIpc) is 2.41. The Morgan fingerprint density at radius 1 is 0.900 bits per heavy atom. The first-order valence-corrected chi connectivity index (χ1v) is 6.03. The summed E-state index contributed by atoms with van der Waals surface area (Å²) in [5, 5.41) is 37.4. The summed E-state index contributed by atoms with van der Waals surface area (Å²) in [6.07, 6.45) is 0.932. The highest BCUT2D eigenvalue weighted by atomic mass is 16.4. The lowest BCUT2D eigenvalue weighted by Gasteiger charge is -2.07. The minimum absolute atomic E-state index is 0.0646. The van der Waals surface area contributed by atoms with E-state index in [0.717, 1.165) is 5.56 Å². The molecule has 0 bridgehead atoms. The van der Waals surface area contributed by atoms with Crippen molar-refractivity contribution >= 4 is 5.97 Å². The number of benzene rings is 2. The largest absolute Gasteiger partial charge is 0.508 e. The molecule has 5 nitrogen and oxygen atoms in total. The lowest BCUT2D eigenvalue weighted by molar-refractivity contribution is 0.0693. The Kier molecular flexibility index (Phi) is 3.79. The molecule has 0 spiro atoms. The van der Waals surface area contributed by atoms with Gasteiger partial charge in [0.15, 0.2) is 0 Å². The molecule has 2 aromatic rings. The van der Waals surface area contributed by atoms with Crippen molar-refractivity contribution in [1.29, 1.82) is 0 Å². The molecule has 0 radical (unpaired) electrons. The van der Waals surface area contributed by atoms with Gasteiger partial charge < -0.3 is 20.4 Å². The maximum absolute atomic E-state index is 10.9. The monoisotopic (exact) mass is 274 g/mol. The first kappa shape index (κ1) is 13.7. The second-order valence-electron chi connectivity index (χ2n) is 4.47. The Balaban J connectivity index is 2.17. The number of carboxylic acid groups (broad SMARTS) is 1. The Bertz CT molecular complexity index is 649. The number of aromatic hydroxyl groups is 3. The highest BCUT2D eigenvalue weighted by Crippen LogP contribution is 2.24. The second kappa shape index (κ2) is 5.52. The molecule has 0 saturated carbocycles. The predicted octanol–water partition coefficient (Wildman–Crippen LogP) is 2.29. The highest BCUT2D eigenvalue weighted by molar-refractivity contribution is 5.90. The van der Waals surface area contributed by atoms with Crippen molar-refractivity contribution in [3.8, 4) is 17.2 Å². The molecule has 20 heavy (non-hydrogen) atoms. The van der Waals surface area contributed by atoms with Crippen LogP contribution in [-0.2, 0) is 12.8 Å². The van der Waals surface area contributed by atoms with Crippen molar-refractivity contribution in [2.75, 3.05) is 0 Å². The summed E-state index contributed by atoms with van der Waals surface area (Å²) in [5.74, 6) is -1.32. The number of rotatable bonds is 4. The van der Waals surface area contributed by atoms with Gasteiger partial charge in [0.1, 0.15) is 22.8 Å². The lowest BCUT2D eigenvalue weighted by atomic mass is 10.0. The molecule has 0 aliphatic rings. The third kappa shape index (κ3) is 3.00. The number of aromatic carboxylic acids is 1. The van der Waals surface area contributed by atoms with Crippen LogP contribution in [0.3, 0.4) is 0 Å². The van der Waals surface area contributed by atoms with Gasteiger partial charge in [-0.25, -0.2) is 4.79 Å². The molecule has 0 aliphatic carbocycles. The Morgan fingerprint density at radius 3 is 2.30 bits per heavy atom. The molecular formula is C15H14O5. The quantitative estimate of drug-likeness (QED) is 0.641. The topological polar surface area (TPSA) is 98.0 Å². The van der Waals surface area contributed by atoms with E-state index in [0.29, 0.717) is 18.4 Å². The molecule has 0 fully saturated rings. The van der Waals surface area contributed by atoms with Gasteiger partial charge in [-0.2, -0.15) is 0 Å². The summed E-state index contributed by atoms with van der Waals surface area (Å²) >= 11 is 0. The van der Waals surface area contributed by atoms with Crippen LogP contribution in [0.1, 0.15) is 21.5 Å². The van der Waals surface area contributed by atoms with Crippen LogP contribution in [-0.4, -0.2) is 26.4 Å². The molecule has 0 atom stereocenters. The van der Waals surface area contributed by atoms with E-state index in [-0.39, 0.29) is 22.8 Å². The van der Waals surface area contributed by atoms with Gasteiger partial charge >= 0.3 is 5.97 Å². The summed E-state index contributed by atoms with van der Waals surface area (Å²) in [6, 6.07) is 8.63. The zero-order valence-corrected chi connectivity index (χ0v) is 10.6. The van der Waals surface area contributed by atoms with Crippen molar-refractivity contribution in [3.63, 3.8) is 0 Å². The number of aryl methyl sites for hydroxylation is 2. The van der Waals surface area contributed by atoms with Gasteiger partial charge in [0.05, 0.1) is 0 Å². The van der Waals surface area contributed by atoms with E-state index in [2.05, 4.69) is 0 Å². The third-order valence-corrected chi connectivity index (χ3v) is 3.04. The van der Waals surface area contributed by atoms with E-state index in [4.69, 9.17) is 5.11 Å². The normalized spacial score (nSPS) is 10.4. The molecule has 0 aliphatic heterocycles. The maximum atomic E-state index is 10.9. The van der Waals surface area contributed by atoms with E-state index >= 15 is 0 Å². The predicted molar refractivity (Wildman–Crippen MR) is 72.2 cm³/mol. The zero-order valence-electron chi connectivity index (χ0n) is 10.6. The van der Waals surface area contributed by atoms with Crippen LogP contribution in [0.25, 0.3) is 0 Å². The van der Waals surface area contributed by atoms with Crippen LogP contribution in [0, 0.1) is 0 Å². The van der Waals surface area contributed by atoms with Crippen LogP contribution < -0.4 is 0 Å². The summed E-state index contributed by atoms with van der Waals surface area (Å²) in [5.41, 5.74) is 1.15. The molecule has 104 valence electrons. The van der Waals surface area contributed by atoms with Gasteiger partial charge in [-0.3, -0.25) is 0 Å². The van der Waals surface area contributed by atoms with E-state index in [1.54, 1.807) is 6.07 Å². The number of phenols is 3. The smallest absolute Gasteiger partial charge is 0.339 e. The van der Waals surface area contributed by atoms with Gasteiger partial charge in [-0.1, -0.05) is 6.07 Å². The molecule has 0 aromatic heterocycles. The van der Waals surface area contributed by atoms with Crippen LogP contribution in [0.2, 0.25) is 0 Å². The number of carbonyl (C=O) groups is 1. The summed E-state index contributed by atoms with van der Waals surface area (Å²) in [6.45, 7) is 0. The first-order chi connectivity index (χ1) is 9.47. The molecular weight excluding hydrogens is 260 g/mol. The Hall–Kier alpha value is -2.69. The van der Waals surface area contributed by atoms with Crippen LogP contribution in [0.15, 0.2) is 36.4 Å². The standard InChI is InChI=1S/C15H14O5/c16-11-4-6-13(17)10(8-11)3-1-9-2-5-14(18)12(7-9)15(19)20/h2,4-8,16-18H,1,3H2,(H,19,20). The van der Waals surface area contributed by atoms with Crippen LogP contribution in [0.4, 0.5) is 0 Å². The van der Waals surface area contributed by atoms with Crippen LogP contribution in [0.5, 0.6) is 17.2 Å². The summed E-state index contributed by atoms with van der Waals surface area (Å²) in [7, 11) is 0. The van der Waals surface area contributed by atoms with Crippen LogP contribution >= 0.6 is 0 Å². The number of hydrogen-bond acceptors (Lipinski definition) is 4. The molecule has 0 unspecified atom stereocenters. The Morgan fingerprint density at radius 2 is 1.60 bits per heavy atom. The van der Waals surface area contributed by atoms with E-state index < -0.39 is 5.97 Å². The minimum atomic E-state index is -1.19. The first-order valence-electron chi connectivity index (χ1n) is 6.03. The Labute approximate surface area is 115 Å². The fourth-order valence-electron chi connectivity index (χ4n) is 1.96. The highest BCUT2D eigenvalue weighted by Gasteiger charge is 2.10. The van der Waals surface area contributed by atoms with Crippen molar-refractivity contribution in [2.24, 2.45) is 0 Å². The molecule has 2 rings (SSSR count). The molecule has 2 aromatic carbocycles. The molecule has 4 N–H and O–H groups in total. The number of hydrogen-bond donors (Lipinski definition) is 4. The SMILES string of the molecule is O=C(O)c1cc(CCc2cc(O)ccc2O)ccc1O. The summed E-state index contributed by atoms with van der Waals surface area (Å²) in [4.78, 5) is 10.9. The van der Waals surface area contributed by atoms with Crippen molar-refractivity contribution in [2.45, 2.75) is 12.8 Å². The molecule has 0 heterocycles. The van der Waals surface area contributed by atoms with Gasteiger partial charge in [0, 0.05) is 0 Å². The number of phenolic OH excluding ortho intramolecular Hbond substituents is 2. The lowest BCUT2D eigenvalue weighted by Crippen LogP contribution is -1.99. The second-order valence-corrected chi connectivity index (χ2v) is 4.47. The van der Waals surface area contributed by atoms with Crippen molar-refractivity contribution < 1.29 is 25.2 Å². The number of carboxylic acids is 1. The van der Waals surface area contributed by atoms with E-state index in [1.807, 2.05) is 0 Å². The molecule has 0 amide bonds. The summed E-state index contributed by atoms with van der Waals surface area (Å²) < 4.78 is 0. The van der Waals surface area contributed by atoms with Gasteiger partial charge in [0.2, 0.25) is 0 Å². The van der Waals surface area contributed by atoms with Gasteiger partial charge in [-0.15, -0.1) is 0 Å². The fraction of sp³-hybridized carbons (Fsp3) is 0.133. The van der Waals surface area contributed by atoms with Gasteiger partial charge in [0.25, 0.3) is 0 Å².